The number of carbonyl (C=O) groups excluding carboxylic acids is 1. The number of anilines is 1. The number of hydrogen-bond acceptors (Lipinski definition) is 4. The van der Waals surface area contributed by atoms with Gasteiger partial charge in [0, 0.05) is 27.8 Å². The molecule has 1 amide bonds. The Morgan fingerprint density at radius 3 is 2.16 bits per heavy atom. The molecule has 0 aromatic heterocycles. The highest BCUT2D eigenvalue weighted by Gasteiger charge is 2.40. The van der Waals surface area contributed by atoms with E-state index in [9.17, 15) is 13.2 Å². The summed E-state index contributed by atoms with van der Waals surface area (Å²) in [5.41, 5.74) is 3.62. The zero-order valence-corrected chi connectivity index (χ0v) is 21.8. The molecule has 0 saturated heterocycles. The van der Waals surface area contributed by atoms with Crippen molar-refractivity contribution in [2.45, 2.75) is 56.4 Å². The Morgan fingerprint density at radius 1 is 0.838 bits per heavy atom. The van der Waals surface area contributed by atoms with Gasteiger partial charge >= 0.3 is 0 Å². The SMILES string of the molecule is Cc1ccc(C(=O)N(c2cc3c(c4ccccc24)O[C@H]2CCCC[C@@H]32)S(=O)(=O)c2ccc(C)cc2)cc1. The van der Waals surface area contributed by atoms with Crippen LogP contribution in [0, 0.1) is 13.8 Å². The molecule has 0 radical (unpaired) electrons. The summed E-state index contributed by atoms with van der Waals surface area (Å²) in [6.07, 6.45) is 4.31. The summed E-state index contributed by atoms with van der Waals surface area (Å²) in [7, 11) is -4.22. The minimum absolute atomic E-state index is 0.0786. The molecule has 1 fully saturated rings. The molecule has 4 aromatic carbocycles. The van der Waals surface area contributed by atoms with E-state index in [-0.39, 0.29) is 16.9 Å². The molecule has 37 heavy (non-hydrogen) atoms. The second-order valence-corrected chi connectivity index (χ2v) is 11.9. The third-order valence-electron chi connectivity index (χ3n) is 7.63. The monoisotopic (exact) mass is 511 g/mol. The maximum atomic E-state index is 14.2. The number of aryl methyl sites for hydroxylation is 2. The first-order valence-corrected chi connectivity index (χ1v) is 14.2. The largest absolute Gasteiger partial charge is 0.489 e. The van der Waals surface area contributed by atoms with E-state index in [1.807, 2.05) is 56.3 Å². The molecule has 0 bridgehead atoms. The van der Waals surface area contributed by atoms with E-state index in [4.69, 9.17) is 4.74 Å². The maximum absolute atomic E-state index is 14.2. The average molecular weight is 512 g/mol. The molecular formula is C31H29NO4S. The predicted octanol–water partition coefficient (Wildman–Crippen LogP) is 6.91. The number of hydrogen-bond donors (Lipinski definition) is 0. The van der Waals surface area contributed by atoms with Crippen molar-refractivity contribution < 1.29 is 17.9 Å². The smallest absolute Gasteiger partial charge is 0.272 e. The van der Waals surface area contributed by atoms with Gasteiger partial charge in [-0.3, -0.25) is 4.79 Å². The Balaban J connectivity index is 1.61. The molecule has 2 atom stereocenters. The van der Waals surface area contributed by atoms with Crippen LogP contribution in [0.25, 0.3) is 10.8 Å². The topological polar surface area (TPSA) is 63.7 Å². The molecule has 6 heteroatoms. The Kier molecular flexibility index (Phi) is 5.80. The van der Waals surface area contributed by atoms with Crippen LogP contribution in [0.4, 0.5) is 5.69 Å². The lowest BCUT2D eigenvalue weighted by Gasteiger charge is -2.26. The Hall–Kier alpha value is -3.64. The fourth-order valence-corrected chi connectivity index (χ4v) is 7.07. The quantitative estimate of drug-likeness (QED) is 0.299. The molecule has 2 aliphatic rings. The lowest BCUT2D eigenvalue weighted by atomic mass is 9.82. The third kappa shape index (κ3) is 4.00. The summed E-state index contributed by atoms with van der Waals surface area (Å²) in [4.78, 5) is 14.2. The molecule has 6 rings (SSSR count). The van der Waals surface area contributed by atoms with Gasteiger partial charge in [-0.25, -0.2) is 8.42 Å². The van der Waals surface area contributed by atoms with Crippen molar-refractivity contribution in [1.29, 1.82) is 0 Å². The standard InChI is InChI=1S/C31H29NO4S/c1-20-11-15-22(16-12-20)31(33)32(37(34,35)23-17-13-21(2)14-18-23)28-19-27-25-8-5-6-10-29(25)36-30(27)26-9-4-3-7-24(26)28/h3-4,7,9,11-19,25,29H,5-6,8,10H2,1-2H3/t25-,29-/m0/s1. The summed E-state index contributed by atoms with van der Waals surface area (Å²) in [5, 5.41) is 1.52. The molecule has 0 unspecified atom stereocenters. The van der Waals surface area contributed by atoms with E-state index in [0.717, 1.165) is 57.8 Å². The highest BCUT2D eigenvalue weighted by molar-refractivity contribution is 7.93. The summed E-state index contributed by atoms with van der Waals surface area (Å²) in [6.45, 7) is 3.84. The number of amides is 1. The van der Waals surface area contributed by atoms with Crippen LogP contribution in [0.15, 0.2) is 83.8 Å². The van der Waals surface area contributed by atoms with Crippen LogP contribution >= 0.6 is 0 Å². The van der Waals surface area contributed by atoms with Crippen LogP contribution in [-0.4, -0.2) is 20.4 Å². The van der Waals surface area contributed by atoms with Crippen molar-refractivity contribution in [2.75, 3.05) is 4.31 Å². The lowest BCUT2D eigenvalue weighted by molar-refractivity contribution is 0.101. The van der Waals surface area contributed by atoms with Crippen molar-refractivity contribution in [3.05, 3.63) is 101 Å². The Labute approximate surface area is 217 Å². The predicted molar refractivity (Wildman–Crippen MR) is 146 cm³/mol. The fraction of sp³-hybridized carbons (Fsp3) is 0.258. The molecular weight excluding hydrogens is 482 g/mol. The van der Waals surface area contributed by atoms with Crippen molar-refractivity contribution in [2.24, 2.45) is 0 Å². The van der Waals surface area contributed by atoms with Gasteiger partial charge < -0.3 is 4.74 Å². The number of benzene rings is 4. The zero-order valence-electron chi connectivity index (χ0n) is 21.0. The Bertz CT molecular complexity index is 1610. The van der Waals surface area contributed by atoms with Gasteiger partial charge in [0.25, 0.3) is 15.9 Å². The molecule has 5 nitrogen and oxygen atoms in total. The minimum Gasteiger partial charge on any atom is -0.489 e. The highest BCUT2D eigenvalue weighted by atomic mass is 32.2. The molecule has 1 saturated carbocycles. The molecule has 1 aliphatic carbocycles. The second kappa shape index (κ2) is 9.03. The number of nitrogens with zero attached hydrogens (tertiary/aromatic N) is 1. The van der Waals surface area contributed by atoms with E-state index in [2.05, 4.69) is 0 Å². The number of ether oxygens (including phenoxy) is 1. The second-order valence-electron chi connectivity index (χ2n) is 10.2. The van der Waals surface area contributed by atoms with Crippen molar-refractivity contribution >= 4 is 32.4 Å². The molecule has 4 aromatic rings. The number of fused-ring (bicyclic) bond motifs is 5. The molecule has 0 N–H and O–H groups in total. The van der Waals surface area contributed by atoms with Crippen molar-refractivity contribution in [3.8, 4) is 5.75 Å². The van der Waals surface area contributed by atoms with Crippen LogP contribution in [0.2, 0.25) is 0 Å². The van der Waals surface area contributed by atoms with Gasteiger partial charge in [0.2, 0.25) is 0 Å². The van der Waals surface area contributed by atoms with Crippen LogP contribution in [0.1, 0.15) is 58.6 Å². The summed E-state index contributed by atoms with van der Waals surface area (Å²) in [6, 6.07) is 23.2. The zero-order chi connectivity index (χ0) is 25.7. The first-order valence-electron chi connectivity index (χ1n) is 12.8. The number of sulfonamides is 1. The summed E-state index contributed by atoms with van der Waals surface area (Å²) in [5.74, 6) is 0.446. The van der Waals surface area contributed by atoms with Crippen LogP contribution in [-0.2, 0) is 10.0 Å². The van der Waals surface area contributed by atoms with E-state index in [0.29, 0.717) is 16.6 Å². The fourth-order valence-electron chi connectivity index (χ4n) is 5.65. The van der Waals surface area contributed by atoms with Crippen LogP contribution < -0.4 is 9.04 Å². The van der Waals surface area contributed by atoms with Gasteiger partial charge in [0.1, 0.15) is 11.9 Å². The van der Waals surface area contributed by atoms with E-state index in [1.54, 1.807) is 36.4 Å². The van der Waals surface area contributed by atoms with Crippen LogP contribution in [0.5, 0.6) is 5.75 Å². The normalized spacial score (nSPS) is 18.6. The first kappa shape index (κ1) is 23.7. The third-order valence-corrected chi connectivity index (χ3v) is 9.35. The highest BCUT2D eigenvalue weighted by Crippen LogP contribution is 2.51. The van der Waals surface area contributed by atoms with Gasteiger partial charge in [-0.2, -0.15) is 4.31 Å². The molecule has 1 aliphatic heterocycles. The maximum Gasteiger partial charge on any atom is 0.272 e. The van der Waals surface area contributed by atoms with Gasteiger partial charge in [-0.1, -0.05) is 66.1 Å². The van der Waals surface area contributed by atoms with Gasteiger partial charge in [-0.05, 0) is 63.4 Å². The van der Waals surface area contributed by atoms with E-state index >= 15 is 0 Å². The van der Waals surface area contributed by atoms with Crippen LogP contribution in [0.3, 0.4) is 0 Å². The van der Waals surface area contributed by atoms with E-state index in [1.165, 1.54) is 0 Å². The van der Waals surface area contributed by atoms with Crippen molar-refractivity contribution in [1.82, 2.24) is 0 Å². The number of rotatable bonds is 4. The molecule has 0 spiro atoms. The summed E-state index contributed by atoms with van der Waals surface area (Å²) >= 11 is 0. The van der Waals surface area contributed by atoms with Gasteiger partial charge in [0.15, 0.2) is 0 Å². The van der Waals surface area contributed by atoms with E-state index < -0.39 is 15.9 Å². The minimum atomic E-state index is -4.22. The Morgan fingerprint density at radius 2 is 1.46 bits per heavy atom. The lowest BCUT2D eigenvalue weighted by Crippen LogP contribution is -2.37. The van der Waals surface area contributed by atoms with Crippen molar-refractivity contribution in [3.63, 3.8) is 0 Å². The van der Waals surface area contributed by atoms with Gasteiger partial charge in [0.05, 0.1) is 10.6 Å². The molecule has 1 heterocycles. The first-order chi connectivity index (χ1) is 17.8. The number of carbonyl (C=O) groups is 1. The van der Waals surface area contributed by atoms with Gasteiger partial charge in [-0.15, -0.1) is 0 Å². The molecule has 188 valence electrons. The summed E-state index contributed by atoms with van der Waals surface area (Å²) < 4.78 is 35.9. The average Bonchev–Trinajstić information content (AvgIpc) is 3.28.